The molecule has 1 aliphatic rings. The summed E-state index contributed by atoms with van der Waals surface area (Å²) >= 11 is 1.33. The van der Waals surface area contributed by atoms with E-state index >= 15 is 0 Å². The van der Waals surface area contributed by atoms with Crippen molar-refractivity contribution in [3.63, 3.8) is 0 Å². The van der Waals surface area contributed by atoms with E-state index in [0.717, 1.165) is 37.7 Å². The molecule has 0 bridgehead atoms. The van der Waals surface area contributed by atoms with Gasteiger partial charge in [0, 0.05) is 47.8 Å². The number of aryl methyl sites for hydroxylation is 1. The summed E-state index contributed by atoms with van der Waals surface area (Å²) in [7, 11) is 1.63. The van der Waals surface area contributed by atoms with Crippen molar-refractivity contribution in [2.24, 2.45) is 0 Å². The number of carbonyl (C=O) groups excluding carboxylic acids is 2. The van der Waals surface area contributed by atoms with Crippen LogP contribution in [0.4, 0.5) is 5.82 Å². The number of pyridine rings is 1. The molecule has 1 aliphatic heterocycles. The number of carbonyl (C=O) groups is 2. The molecule has 2 aromatic carbocycles. The number of likely N-dealkylation sites (tertiary alicyclic amines) is 1. The van der Waals surface area contributed by atoms with Crippen molar-refractivity contribution in [2.45, 2.75) is 33.1 Å². The zero-order valence-corrected chi connectivity index (χ0v) is 23.2. The molecule has 7 nitrogen and oxygen atoms in total. The Morgan fingerprint density at radius 1 is 1.16 bits per heavy atom. The number of hydrogen-bond donors (Lipinski definition) is 2. The highest BCUT2D eigenvalue weighted by atomic mass is 35.5. The third-order valence-corrected chi connectivity index (χ3v) is 7.75. The molecule has 196 valence electrons. The summed E-state index contributed by atoms with van der Waals surface area (Å²) in [6.45, 7) is 5.80. The first kappa shape index (κ1) is 29.0. The van der Waals surface area contributed by atoms with Gasteiger partial charge >= 0.3 is 0 Å². The van der Waals surface area contributed by atoms with Crippen LogP contribution in [0, 0.1) is 6.92 Å². The number of ketones is 1. The Balaban J connectivity index is 0.00000190. The number of hydrogen-bond acceptors (Lipinski definition) is 7. The van der Waals surface area contributed by atoms with Gasteiger partial charge in [-0.3, -0.25) is 14.5 Å². The first-order valence-electron chi connectivity index (χ1n) is 11.5. The number of ether oxygens (including phenoxy) is 1. The minimum absolute atomic E-state index is 0. The molecule has 0 atom stereocenters. The van der Waals surface area contributed by atoms with Gasteiger partial charge in [0.25, 0.3) is 5.91 Å². The van der Waals surface area contributed by atoms with E-state index in [0.29, 0.717) is 42.5 Å². The summed E-state index contributed by atoms with van der Waals surface area (Å²) in [5.41, 5.74) is 4.23. The Morgan fingerprint density at radius 2 is 1.89 bits per heavy atom. The summed E-state index contributed by atoms with van der Waals surface area (Å²) in [5.74, 6) is 0.185. The lowest BCUT2D eigenvalue weighted by Gasteiger charge is -2.36. The number of Topliss-reactive ketones (excluding diaryl/α,β-unsaturated/α-hetero) is 1. The number of halogens is 2. The number of benzene rings is 2. The van der Waals surface area contributed by atoms with Crippen LogP contribution in [0.2, 0.25) is 0 Å². The van der Waals surface area contributed by atoms with Crippen LogP contribution in [0.1, 0.15) is 43.6 Å². The topological polar surface area (TPSA) is 91.8 Å². The van der Waals surface area contributed by atoms with Gasteiger partial charge in [-0.15, -0.1) is 36.2 Å². The van der Waals surface area contributed by atoms with Crippen LogP contribution in [0.5, 0.6) is 0 Å². The minimum atomic E-state index is -0.277. The smallest absolute Gasteiger partial charge is 0.267 e. The molecule has 0 aliphatic carbocycles. The molecule has 1 amide bonds. The molecule has 0 saturated carbocycles. The van der Waals surface area contributed by atoms with Gasteiger partial charge in [0.15, 0.2) is 5.78 Å². The normalized spacial score (nSPS) is 13.6. The van der Waals surface area contributed by atoms with Crippen LogP contribution in [0.3, 0.4) is 0 Å². The highest BCUT2D eigenvalue weighted by molar-refractivity contribution is 7.21. The molecule has 1 saturated heterocycles. The Morgan fingerprint density at radius 3 is 2.57 bits per heavy atom. The van der Waals surface area contributed by atoms with Crippen molar-refractivity contribution in [2.75, 3.05) is 25.5 Å². The summed E-state index contributed by atoms with van der Waals surface area (Å²) in [4.78, 5) is 33.1. The van der Waals surface area contributed by atoms with Crippen LogP contribution in [0.15, 0.2) is 42.5 Å². The fourth-order valence-electron chi connectivity index (χ4n) is 4.73. The molecular formula is C27H29Cl2N3O4S. The molecule has 37 heavy (non-hydrogen) atoms. The number of nitrogens with one attached hydrogen (secondary N) is 1. The number of methoxy groups -OCH3 is 1. The lowest BCUT2D eigenvalue weighted by Crippen LogP contribution is -2.49. The molecule has 3 heterocycles. The van der Waals surface area contributed by atoms with Crippen molar-refractivity contribution in [1.29, 1.82) is 0 Å². The maximum Gasteiger partial charge on any atom is 0.267 e. The predicted octanol–water partition coefficient (Wildman–Crippen LogP) is 5.38. The van der Waals surface area contributed by atoms with E-state index in [4.69, 9.17) is 4.74 Å². The standard InChI is InChI=1S/C27H27N3O4S.2ClH/c1-15-24-17(14-34-3)8-9-20(16(2)31)26(24)35-25(15)27(33)29-23-10-18(11-30-12-19(32)13-30)21-6-4-5-7-22(21)28-23;;/h4-10,19,32H,11-14H2,1-3H3,(H,28,29,33);2*1H. The molecular weight excluding hydrogens is 533 g/mol. The Labute approximate surface area is 231 Å². The highest BCUT2D eigenvalue weighted by Crippen LogP contribution is 2.37. The number of fused-ring (bicyclic) bond motifs is 2. The quantitative estimate of drug-likeness (QED) is 0.294. The number of anilines is 1. The maximum absolute atomic E-state index is 13.4. The second-order valence-corrected chi connectivity index (χ2v) is 10.0. The SMILES string of the molecule is COCc1ccc(C(C)=O)c2sc(C(=O)Nc3cc(CN4CC(O)C4)c4ccccc4n3)c(C)c12.Cl.Cl. The second kappa shape index (κ2) is 11.9. The second-order valence-electron chi connectivity index (χ2n) is 9.01. The van der Waals surface area contributed by atoms with Crippen LogP contribution < -0.4 is 5.32 Å². The predicted molar refractivity (Wildman–Crippen MR) is 153 cm³/mol. The van der Waals surface area contributed by atoms with Crippen LogP contribution in [-0.2, 0) is 17.9 Å². The number of aromatic nitrogens is 1. The van der Waals surface area contributed by atoms with E-state index in [1.807, 2.05) is 43.3 Å². The molecule has 0 spiro atoms. The van der Waals surface area contributed by atoms with E-state index in [-0.39, 0.29) is 42.6 Å². The van der Waals surface area contributed by atoms with Crippen molar-refractivity contribution >= 4 is 74.6 Å². The third-order valence-electron chi connectivity index (χ3n) is 6.42. The van der Waals surface area contributed by atoms with Crippen LogP contribution in [0.25, 0.3) is 21.0 Å². The van der Waals surface area contributed by atoms with Crippen molar-refractivity contribution < 1.29 is 19.4 Å². The van der Waals surface area contributed by atoms with Gasteiger partial charge in [-0.05, 0) is 48.7 Å². The van der Waals surface area contributed by atoms with Gasteiger partial charge in [-0.2, -0.15) is 0 Å². The van der Waals surface area contributed by atoms with Gasteiger partial charge < -0.3 is 15.2 Å². The Kier molecular flexibility index (Phi) is 9.28. The van der Waals surface area contributed by atoms with E-state index in [1.165, 1.54) is 18.3 Å². The third kappa shape index (κ3) is 5.65. The first-order valence-corrected chi connectivity index (χ1v) is 12.3. The largest absolute Gasteiger partial charge is 0.390 e. The van der Waals surface area contributed by atoms with Gasteiger partial charge in [0.05, 0.1) is 23.1 Å². The number of aliphatic hydroxyl groups excluding tert-OH is 1. The first-order chi connectivity index (χ1) is 16.9. The summed E-state index contributed by atoms with van der Waals surface area (Å²) in [6, 6.07) is 13.5. The molecule has 0 unspecified atom stereocenters. The Bertz CT molecular complexity index is 1470. The van der Waals surface area contributed by atoms with Gasteiger partial charge in [-0.1, -0.05) is 24.3 Å². The van der Waals surface area contributed by atoms with E-state index in [1.54, 1.807) is 13.2 Å². The molecule has 10 heteroatoms. The zero-order chi connectivity index (χ0) is 24.7. The molecule has 1 fully saturated rings. The highest BCUT2D eigenvalue weighted by Gasteiger charge is 2.25. The van der Waals surface area contributed by atoms with Gasteiger partial charge in [0.1, 0.15) is 5.82 Å². The fourth-order valence-corrected chi connectivity index (χ4v) is 6.04. The van der Waals surface area contributed by atoms with E-state index < -0.39 is 0 Å². The lowest BCUT2D eigenvalue weighted by molar-refractivity contribution is -0.00263. The molecule has 0 radical (unpaired) electrons. The number of aliphatic hydroxyl groups is 1. The van der Waals surface area contributed by atoms with Crippen LogP contribution >= 0.6 is 36.2 Å². The molecule has 2 N–H and O–H groups in total. The van der Waals surface area contributed by atoms with Crippen molar-refractivity contribution in [3.05, 3.63) is 69.6 Å². The molecule has 5 rings (SSSR count). The summed E-state index contributed by atoms with van der Waals surface area (Å²) in [5, 5.41) is 14.6. The average Bonchev–Trinajstić information content (AvgIpc) is 3.16. The van der Waals surface area contributed by atoms with Crippen molar-refractivity contribution in [1.82, 2.24) is 9.88 Å². The van der Waals surface area contributed by atoms with Crippen LogP contribution in [-0.4, -0.2) is 53.0 Å². The number of nitrogens with zero attached hydrogens (tertiary/aromatic N) is 2. The number of β-amino-alcohol motifs (C(OH)–C–C–N with tert-alkyl or cyclic N) is 1. The Hall–Kier alpha value is -2.59. The maximum atomic E-state index is 13.4. The molecule has 4 aromatic rings. The summed E-state index contributed by atoms with van der Waals surface area (Å²) in [6.07, 6.45) is -0.277. The van der Waals surface area contributed by atoms with Crippen molar-refractivity contribution in [3.8, 4) is 0 Å². The van der Waals surface area contributed by atoms with Gasteiger partial charge in [-0.25, -0.2) is 4.98 Å². The van der Waals surface area contributed by atoms with E-state index in [2.05, 4.69) is 15.2 Å². The number of thiophene rings is 1. The fraction of sp³-hybridized carbons (Fsp3) is 0.296. The number of rotatable bonds is 7. The monoisotopic (exact) mass is 561 g/mol. The van der Waals surface area contributed by atoms with Gasteiger partial charge in [0.2, 0.25) is 0 Å². The summed E-state index contributed by atoms with van der Waals surface area (Å²) < 4.78 is 6.16. The lowest BCUT2D eigenvalue weighted by atomic mass is 10.0. The average molecular weight is 563 g/mol. The minimum Gasteiger partial charge on any atom is -0.390 e. The number of amides is 1. The van der Waals surface area contributed by atoms with E-state index in [9.17, 15) is 14.7 Å². The number of para-hydroxylation sites is 1. The zero-order valence-electron chi connectivity index (χ0n) is 20.7. The molecule has 2 aromatic heterocycles.